The van der Waals surface area contributed by atoms with Gasteiger partial charge in [0.05, 0.1) is 6.61 Å². The second-order valence-corrected chi connectivity index (χ2v) is 7.60. The highest BCUT2D eigenvalue weighted by Gasteiger charge is 2.33. The maximum Gasteiger partial charge on any atom is 0.528 e. The summed E-state index contributed by atoms with van der Waals surface area (Å²) in [6.07, 6.45) is -4.00. The smallest absolute Gasteiger partial charge is 0.477 e. The molecule has 1 aromatic rings. The predicted octanol–water partition coefficient (Wildman–Crippen LogP) is 3.52. The Balaban J connectivity index is 1.85. The van der Waals surface area contributed by atoms with Crippen LogP contribution in [0.15, 0.2) is 12.1 Å². The summed E-state index contributed by atoms with van der Waals surface area (Å²) >= 11 is 0. The van der Waals surface area contributed by atoms with Crippen LogP contribution in [-0.2, 0) is 22.3 Å². The van der Waals surface area contributed by atoms with Crippen LogP contribution < -0.4 is 10.5 Å². The normalized spacial score (nSPS) is 16.7. The van der Waals surface area contributed by atoms with Crippen LogP contribution in [0, 0.1) is 5.92 Å². The monoisotopic (exact) mass is 405 g/mol. The number of nitrogens with zero attached hydrogens (tertiary/aromatic N) is 2. The SMILES string of the molecule is CC(C)(C)OC(=O)ON1CCC(COc2nc(C(F)(F)F)ccc2CN)CC1. The minimum absolute atomic E-state index is 0.0304. The first kappa shape index (κ1) is 22.2. The van der Waals surface area contributed by atoms with E-state index in [4.69, 9.17) is 20.0 Å². The molecule has 1 aliphatic heterocycles. The minimum atomic E-state index is -4.55. The number of ether oxygens (including phenoxy) is 2. The van der Waals surface area contributed by atoms with Crippen molar-refractivity contribution in [3.8, 4) is 5.88 Å². The molecular weight excluding hydrogens is 379 g/mol. The second-order valence-electron chi connectivity index (χ2n) is 7.60. The van der Waals surface area contributed by atoms with Crippen LogP contribution in [0.1, 0.15) is 44.9 Å². The lowest BCUT2D eigenvalue weighted by Crippen LogP contribution is -2.38. The average Bonchev–Trinajstić information content (AvgIpc) is 2.58. The van der Waals surface area contributed by atoms with Crippen molar-refractivity contribution in [1.29, 1.82) is 0 Å². The summed E-state index contributed by atoms with van der Waals surface area (Å²) in [5.41, 5.74) is 4.32. The lowest BCUT2D eigenvalue weighted by atomic mass is 9.99. The molecule has 0 radical (unpaired) electrons. The molecule has 0 atom stereocenters. The topological polar surface area (TPSA) is 86.9 Å². The van der Waals surface area contributed by atoms with Crippen molar-refractivity contribution in [3.05, 3.63) is 23.4 Å². The van der Waals surface area contributed by atoms with Crippen LogP contribution >= 0.6 is 0 Å². The number of rotatable bonds is 5. The first-order valence-electron chi connectivity index (χ1n) is 9.04. The maximum absolute atomic E-state index is 12.8. The number of carbonyl (C=O) groups is 1. The Morgan fingerprint density at radius 2 is 1.89 bits per heavy atom. The fourth-order valence-corrected chi connectivity index (χ4v) is 2.65. The number of piperidine rings is 1. The number of pyridine rings is 1. The number of aromatic nitrogens is 1. The molecule has 0 bridgehead atoms. The molecule has 28 heavy (non-hydrogen) atoms. The molecule has 2 rings (SSSR count). The highest BCUT2D eigenvalue weighted by molar-refractivity contribution is 5.60. The lowest BCUT2D eigenvalue weighted by molar-refractivity contribution is -0.156. The Morgan fingerprint density at radius 1 is 1.25 bits per heavy atom. The Kier molecular flexibility index (Phi) is 7.11. The molecule has 158 valence electrons. The molecule has 0 saturated carbocycles. The van der Waals surface area contributed by atoms with Gasteiger partial charge in [0.25, 0.3) is 0 Å². The Bertz CT molecular complexity index is 669. The molecule has 0 unspecified atom stereocenters. The van der Waals surface area contributed by atoms with Gasteiger partial charge in [0, 0.05) is 25.2 Å². The summed E-state index contributed by atoms with van der Waals surface area (Å²) in [4.78, 5) is 20.4. The second kappa shape index (κ2) is 8.95. The van der Waals surface area contributed by atoms with E-state index in [1.54, 1.807) is 20.8 Å². The van der Waals surface area contributed by atoms with Crippen molar-refractivity contribution in [2.24, 2.45) is 11.7 Å². The van der Waals surface area contributed by atoms with Crippen LogP contribution in [-0.4, -0.2) is 41.5 Å². The van der Waals surface area contributed by atoms with E-state index in [-0.39, 0.29) is 24.9 Å². The third-order valence-electron chi connectivity index (χ3n) is 4.07. The van der Waals surface area contributed by atoms with Crippen LogP contribution in [0.2, 0.25) is 0 Å². The Morgan fingerprint density at radius 3 is 2.43 bits per heavy atom. The third-order valence-corrected chi connectivity index (χ3v) is 4.07. The molecule has 2 heterocycles. The quantitative estimate of drug-likeness (QED) is 0.750. The number of nitrogens with two attached hydrogens (primary N) is 1. The van der Waals surface area contributed by atoms with Crippen molar-refractivity contribution in [1.82, 2.24) is 10.0 Å². The lowest BCUT2D eigenvalue weighted by Gasteiger charge is -2.30. The minimum Gasteiger partial charge on any atom is -0.477 e. The van der Waals surface area contributed by atoms with Gasteiger partial charge in [-0.1, -0.05) is 6.07 Å². The number of hydrogen-bond acceptors (Lipinski definition) is 7. The molecule has 0 aromatic carbocycles. The zero-order valence-corrected chi connectivity index (χ0v) is 16.2. The highest BCUT2D eigenvalue weighted by atomic mass is 19.4. The van der Waals surface area contributed by atoms with Gasteiger partial charge in [-0.3, -0.25) is 0 Å². The van der Waals surface area contributed by atoms with Crippen LogP contribution in [0.3, 0.4) is 0 Å². The predicted molar refractivity (Wildman–Crippen MR) is 94.2 cm³/mol. The van der Waals surface area contributed by atoms with Gasteiger partial charge in [-0.25, -0.2) is 9.78 Å². The van der Waals surface area contributed by atoms with Gasteiger partial charge >= 0.3 is 12.3 Å². The highest BCUT2D eigenvalue weighted by Crippen LogP contribution is 2.30. The van der Waals surface area contributed by atoms with Crippen LogP contribution in [0.25, 0.3) is 0 Å². The van der Waals surface area contributed by atoms with E-state index in [9.17, 15) is 18.0 Å². The van der Waals surface area contributed by atoms with Gasteiger partial charge in [0.1, 0.15) is 11.3 Å². The number of hydrogen-bond donors (Lipinski definition) is 1. The standard InChI is InChI=1S/C18H26F3N3O4/c1-17(2,3)27-16(25)28-24-8-6-12(7-9-24)11-26-15-13(10-22)4-5-14(23-15)18(19,20)21/h4-5,12H,6-11,22H2,1-3H3. The average molecular weight is 405 g/mol. The Hall–Kier alpha value is -2.07. The van der Waals surface area contributed by atoms with E-state index in [2.05, 4.69) is 4.98 Å². The van der Waals surface area contributed by atoms with Crippen molar-refractivity contribution in [2.75, 3.05) is 19.7 Å². The zero-order valence-electron chi connectivity index (χ0n) is 16.2. The Labute approximate surface area is 161 Å². The molecule has 7 nitrogen and oxygen atoms in total. The van der Waals surface area contributed by atoms with E-state index in [0.717, 1.165) is 6.07 Å². The van der Waals surface area contributed by atoms with Crippen molar-refractivity contribution < 1.29 is 32.3 Å². The molecule has 2 N–H and O–H groups in total. The summed E-state index contributed by atoms with van der Waals surface area (Å²) < 4.78 is 49.2. The first-order chi connectivity index (χ1) is 13.0. The molecule has 0 spiro atoms. The van der Waals surface area contributed by atoms with Gasteiger partial charge in [-0.15, -0.1) is 5.06 Å². The van der Waals surface area contributed by atoms with E-state index < -0.39 is 23.6 Å². The van der Waals surface area contributed by atoms with Gasteiger partial charge in [0.15, 0.2) is 0 Å². The fourth-order valence-electron chi connectivity index (χ4n) is 2.65. The third kappa shape index (κ3) is 6.83. The molecule has 1 aliphatic rings. The molecule has 0 amide bonds. The fraction of sp³-hybridized carbons (Fsp3) is 0.667. The summed E-state index contributed by atoms with van der Waals surface area (Å²) in [7, 11) is 0. The summed E-state index contributed by atoms with van der Waals surface area (Å²) in [6.45, 7) is 6.43. The van der Waals surface area contributed by atoms with Crippen molar-refractivity contribution in [2.45, 2.75) is 51.9 Å². The number of carbonyl (C=O) groups excluding carboxylic acids is 1. The van der Waals surface area contributed by atoms with Gasteiger partial charge in [0.2, 0.25) is 5.88 Å². The van der Waals surface area contributed by atoms with E-state index >= 15 is 0 Å². The largest absolute Gasteiger partial charge is 0.528 e. The van der Waals surface area contributed by atoms with Gasteiger partial charge in [-0.05, 0) is 45.6 Å². The van der Waals surface area contributed by atoms with E-state index in [1.165, 1.54) is 11.1 Å². The van der Waals surface area contributed by atoms with Crippen molar-refractivity contribution >= 4 is 6.16 Å². The summed E-state index contributed by atoms with van der Waals surface area (Å²) in [5.74, 6) is 0.00483. The molecule has 1 aromatic heterocycles. The number of halogens is 3. The van der Waals surface area contributed by atoms with Gasteiger partial charge in [-0.2, -0.15) is 13.2 Å². The number of hydroxylamine groups is 2. The first-order valence-corrected chi connectivity index (χ1v) is 9.04. The molecular formula is C18H26F3N3O4. The molecule has 1 saturated heterocycles. The van der Waals surface area contributed by atoms with Crippen LogP contribution in [0.4, 0.5) is 18.0 Å². The van der Waals surface area contributed by atoms with Gasteiger partial charge < -0.3 is 20.0 Å². The zero-order chi connectivity index (χ0) is 20.9. The van der Waals surface area contributed by atoms with Crippen molar-refractivity contribution in [3.63, 3.8) is 0 Å². The van der Waals surface area contributed by atoms with E-state index in [0.29, 0.717) is 31.5 Å². The molecule has 10 heteroatoms. The van der Waals surface area contributed by atoms with Crippen LogP contribution in [0.5, 0.6) is 5.88 Å². The summed E-state index contributed by atoms with van der Waals surface area (Å²) in [5, 5.41) is 1.51. The molecule has 1 fully saturated rings. The summed E-state index contributed by atoms with van der Waals surface area (Å²) in [6, 6.07) is 2.17. The number of alkyl halides is 3. The molecule has 0 aliphatic carbocycles. The van der Waals surface area contributed by atoms with E-state index in [1.807, 2.05) is 0 Å². The maximum atomic E-state index is 12.8.